The van der Waals surface area contributed by atoms with Crippen molar-refractivity contribution < 1.29 is 19.4 Å². The second-order valence-electron chi connectivity index (χ2n) is 8.43. The first-order valence-electron chi connectivity index (χ1n) is 10.0. The van der Waals surface area contributed by atoms with Crippen molar-refractivity contribution in [1.29, 1.82) is 0 Å². The number of anilines is 1. The van der Waals surface area contributed by atoms with Crippen LogP contribution in [0.4, 0.5) is 5.69 Å². The molecule has 0 unspecified atom stereocenters. The average molecular weight is 377 g/mol. The predicted octanol–water partition coefficient (Wildman–Crippen LogP) is -0.670. The summed E-state index contributed by atoms with van der Waals surface area (Å²) in [7, 11) is 0. The molecular formula is C21H36N4O2+2. The number of rotatable bonds is 7. The van der Waals surface area contributed by atoms with Crippen molar-refractivity contribution in [1.82, 2.24) is 5.32 Å². The molecule has 0 saturated carbocycles. The van der Waals surface area contributed by atoms with E-state index < -0.39 is 0 Å². The third-order valence-corrected chi connectivity index (χ3v) is 5.73. The van der Waals surface area contributed by atoms with Crippen molar-refractivity contribution in [2.45, 2.75) is 46.6 Å². The van der Waals surface area contributed by atoms with Crippen LogP contribution in [0.3, 0.4) is 0 Å². The van der Waals surface area contributed by atoms with Gasteiger partial charge in [-0.3, -0.25) is 9.59 Å². The summed E-state index contributed by atoms with van der Waals surface area (Å²) in [6.07, 6.45) is 0.918. The van der Waals surface area contributed by atoms with Crippen LogP contribution in [0.2, 0.25) is 0 Å². The molecule has 1 fully saturated rings. The molecule has 0 radical (unpaired) electrons. The highest BCUT2D eigenvalue weighted by atomic mass is 16.2. The Morgan fingerprint density at radius 2 is 1.56 bits per heavy atom. The Morgan fingerprint density at radius 3 is 2.11 bits per heavy atom. The zero-order valence-electron chi connectivity index (χ0n) is 17.5. The van der Waals surface area contributed by atoms with E-state index in [-0.39, 0.29) is 17.4 Å². The lowest BCUT2D eigenvalue weighted by Crippen LogP contribution is -3.28. The fraction of sp³-hybridized carbons (Fsp3) is 0.619. The van der Waals surface area contributed by atoms with Gasteiger partial charge in [0.1, 0.15) is 26.2 Å². The number of benzene rings is 1. The summed E-state index contributed by atoms with van der Waals surface area (Å²) in [5.74, 6) is 0.178. The Bertz CT molecular complexity index is 664. The predicted molar refractivity (Wildman–Crippen MR) is 108 cm³/mol. The molecule has 4 N–H and O–H groups in total. The SMILES string of the molecule is CCC(C)(C)NC(=O)C[NH+]1CC[NH+](CC(=O)Nc2cccc(C)c2C)CC1. The van der Waals surface area contributed by atoms with E-state index in [1.807, 2.05) is 19.1 Å². The van der Waals surface area contributed by atoms with Gasteiger partial charge in [0.2, 0.25) is 0 Å². The van der Waals surface area contributed by atoms with Gasteiger partial charge < -0.3 is 20.4 Å². The monoisotopic (exact) mass is 376 g/mol. The molecular weight excluding hydrogens is 340 g/mol. The van der Waals surface area contributed by atoms with Crippen molar-refractivity contribution in [3.63, 3.8) is 0 Å². The van der Waals surface area contributed by atoms with E-state index >= 15 is 0 Å². The van der Waals surface area contributed by atoms with Crippen LogP contribution in [0.25, 0.3) is 0 Å². The second-order valence-corrected chi connectivity index (χ2v) is 8.43. The van der Waals surface area contributed by atoms with Crippen molar-refractivity contribution in [2.24, 2.45) is 0 Å². The minimum absolute atomic E-state index is 0.0598. The van der Waals surface area contributed by atoms with Crippen LogP contribution in [0.15, 0.2) is 18.2 Å². The Kier molecular flexibility index (Phi) is 7.39. The average Bonchev–Trinajstić information content (AvgIpc) is 2.60. The molecule has 0 aromatic heterocycles. The summed E-state index contributed by atoms with van der Waals surface area (Å²) < 4.78 is 0. The second kappa shape index (κ2) is 9.33. The number of nitrogens with one attached hydrogen (secondary N) is 4. The van der Waals surface area contributed by atoms with Crippen LogP contribution in [-0.4, -0.2) is 56.6 Å². The molecule has 150 valence electrons. The van der Waals surface area contributed by atoms with E-state index in [4.69, 9.17) is 0 Å². The molecule has 1 heterocycles. The molecule has 0 spiro atoms. The molecule has 0 bridgehead atoms. The van der Waals surface area contributed by atoms with Gasteiger partial charge in [-0.15, -0.1) is 0 Å². The van der Waals surface area contributed by atoms with Crippen LogP contribution in [0.1, 0.15) is 38.3 Å². The summed E-state index contributed by atoms with van der Waals surface area (Å²) >= 11 is 0. The lowest BCUT2D eigenvalue weighted by atomic mass is 10.0. The molecule has 0 atom stereocenters. The minimum Gasteiger partial charge on any atom is -0.346 e. The number of hydrogen-bond donors (Lipinski definition) is 4. The van der Waals surface area contributed by atoms with E-state index in [0.29, 0.717) is 13.1 Å². The van der Waals surface area contributed by atoms with E-state index in [2.05, 4.69) is 44.4 Å². The Balaban J connectivity index is 1.75. The van der Waals surface area contributed by atoms with Gasteiger partial charge in [-0.25, -0.2) is 0 Å². The number of quaternary nitrogens is 2. The molecule has 1 aromatic rings. The lowest BCUT2D eigenvalue weighted by molar-refractivity contribution is -1.00. The smallest absolute Gasteiger partial charge is 0.279 e. The normalized spacial score (nSPS) is 20.2. The van der Waals surface area contributed by atoms with Crippen LogP contribution >= 0.6 is 0 Å². The third-order valence-electron chi connectivity index (χ3n) is 5.73. The number of hydrogen-bond acceptors (Lipinski definition) is 2. The van der Waals surface area contributed by atoms with Crippen molar-refractivity contribution >= 4 is 17.5 Å². The summed E-state index contributed by atoms with van der Waals surface area (Å²) in [5, 5.41) is 6.15. The Labute approximate surface area is 163 Å². The third kappa shape index (κ3) is 6.63. The minimum atomic E-state index is -0.143. The lowest BCUT2D eigenvalue weighted by Gasteiger charge is -2.30. The van der Waals surface area contributed by atoms with Crippen LogP contribution in [-0.2, 0) is 9.59 Å². The van der Waals surface area contributed by atoms with Crippen molar-refractivity contribution in [2.75, 3.05) is 44.6 Å². The van der Waals surface area contributed by atoms with Gasteiger partial charge >= 0.3 is 0 Å². The summed E-state index contributed by atoms with van der Waals surface area (Å²) in [4.78, 5) is 27.2. The Hall–Kier alpha value is -1.92. The quantitative estimate of drug-likeness (QED) is 0.510. The van der Waals surface area contributed by atoms with Crippen LogP contribution in [0.5, 0.6) is 0 Å². The molecule has 1 aromatic carbocycles. The topological polar surface area (TPSA) is 67.1 Å². The molecule has 2 amide bonds. The van der Waals surface area contributed by atoms with E-state index in [0.717, 1.165) is 43.9 Å². The summed E-state index contributed by atoms with van der Waals surface area (Å²) in [6.45, 7) is 15.0. The van der Waals surface area contributed by atoms with Gasteiger partial charge in [0.15, 0.2) is 13.1 Å². The molecule has 1 saturated heterocycles. The first kappa shape index (κ1) is 21.4. The number of aryl methyl sites for hydroxylation is 1. The zero-order chi connectivity index (χ0) is 20.0. The first-order chi connectivity index (χ1) is 12.7. The molecule has 6 nitrogen and oxygen atoms in total. The van der Waals surface area contributed by atoms with Gasteiger partial charge in [0.25, 0.3) is 11.8 Å². The van der Waals surface area contributed by atoms with Gasteiger partial charge in [-0.2, -0.15) is 0 Å². The highest BCUT2D eigenvalue weighted by Crippen LogP contribution is 2.17. The fourth-order valence-electron chi connectivity index (χ4n) is 3.36. The van der Waals surface area contributed by atoms with Gasteiger partial charge in [-0.1, -0.05) is 19.1 Å². The number of amides is 2. The molecule has 1 aliphatic heterocycles. The van der Waals surface area contributed by atoms with E-state index in [9.17, 15) is 9.59 Å². The Morgan fingerprint density at radius 1 is 1.00 bits per heavy atom. The van der Waals surface area contributed by atoms with E-state index in [1.165, 1.54) is 15.4 Å². The number of piperazine rings is 1. The summed E-state index contributed by atoms with van der Waals surface area (Å²) in [6, 6.07) is 5.97. The molecule has 27 heavy (non-hydrogen) atoms. The highest BCUT2D eigenvalue weighted by molar-refractivity contribution is 5.92. The maximum atomic E-state index is 12.4. The number of carbonyl (C=O) groups is 2. The maximum Gasteiger partial charge on any atom is 0.279 e. The van der Waals surface area contributed by atoms with Crippen LogP contribution in [0, 0.1) is 13.8 Å². The maximum absolute atomic E-state index is 12.4. The molecule has 0 aliphatic carbocycles. The zero-order valence-corrected chi connectivity index (χ0v) is 17.5. The van der Waals surface area contributed by atoms with Crippen LogP contribution < -0.4 is 20.4 Å². The van der Waals surface area contributed by atoms with Gasteiger partial charge in [0, 0.05) is 11.2 Å². The number of carbonyl (C=O) groups excluding carboxylic acids is 2. The molecule has 1 aliphatic rings. The van der Waals surface area contributed by atoms with Crippen molar-refractivity contribution in [3.05, 3.63) is 29.3 Å². The largest absolute Gasteiger partial charge is 0.346 e. The summed E-state index contributed by atoms with van der Waals surface area (Å²) in [5.41, 5.74) is 3.06. The highest BCUT2D eigenvalue weighted by Gasteiger charge is 2.28. The first-order valence-corrected chi connectivity index (χ1v) is 10.0. The standard InChI is InChI=1S/C21H34N4O2/c1-6-21(4,5)23-20(27)15-25-12-10-24(11-13-25)14-19(26)22-18-9-7-8-16(2)17(18)3/h7-9H,6,10-15H2,1-5H3,(H,22,26)(H,23,27)/p+2. The van der Waals surface area contributed by atoms with Crippen molar-refractivity contribution in [3.8, 4) is 0 Å². The van der Waals surface area contributed by atoms with E-state index in [1.54, 1.807) is 0 Å². The molecule has 2 rings (SSSR count). The molecule has 6 heteroatoms. The fourth-order valence-corrected chi connectivity index (χ4v) is 3.36. The van der Waals surface area contributed by atoms with Gasteiger partial charge in [-0.05, 0) is 51.3 Å². The van der Waals surface area contributed by atoms with Gasteiger partial charge in [0.05, 0.1) is 0 Å².